The number of ether oxygens (including phenoxy) is 1. The minimum Gasteiger partial charge on any atom is -0.377 e. The zero-order chi connectivity index (χ0) is 14.8. The van der Waals surface area contributed by atoms with Crippen LogP contribution in [-0.2, 0) is 14.8 Å². The van der Waals surface area contributed by atoms with Crippen LogP contribution in [0.1, 0.15) is 13.8 Å². The Morgan fingerprint density at radius 3 is 2.42 bits per heavy atom. The maximum atomic E-state index is 13.6. The van der Waals surface area contributed by atoms with Crippen molar-refractivity contribution in [3.05, 3.63) is 28.2 Å². The number of rotatable bonds is 5. The molecule has 0 radical (unpaired) electrons. The Labute approximate surface area is 119 Å². The number of nitrogens with one attached hydrogen (secondary N) is 1. The molecular formula is C11H14BrF2NO3S. The van der Waals surface area contributed by atoms with Crippen molar-refractivity contribution in [2.45, 2.75) is 24.3 Å². The van der Waals surface area contributed by atoms with Crippen molar-refractivity contribution in [2.75, 3.05) is 13.7 Å². The van der Waals surface area contributed by atoms with Gasteiger partial charge < -0.3 is 4.74 Å². The van der Waals surface area contributed by atoms with E-state index in [2.05, 4.69) is 20.7 Å². The van der Waals surface area contributed by atoms with E-state index in [1.807, 2.05) is 0 Å². The molecule has 0 saturated carbocycles. The molecule has 0 fully saturated rings. The second-order valence-electron chi connectivity index (χ2n) is 4.49. The second kappa shape index (κ2) is 5.82. The molecule has 19 heavy (non-hydrogen) atoms. The molecular weight excluding hydrogens is 344 g/mol. The fourth-order valence-corrected chi connectivity index (χ4v) is 3.56. The topological polar surface area (TPSA) is 55.4 Å². The van der Waals surface area contributed by atoms with Gasteiger partial charge in [-0.15, -0.1) is 0 Å². The first kappa shape index (κ1) is 16.5. The molecule has 0 amide bonds. The number of hydrogen-bond donors (Lipinski definition) is 1. The van der Waals surface area contributed by atoms with Crippen molar-refractivity contribution in [3.8, 4) is 0 Å². The Hall–Kier alpha value is -0.570. The van der Waals surface area contributed by atoms with Crippen molar-refractivity contribution in [1.29, 1.82) is 0 Å². The minimum absolute atomic E-state index is 0.0465. The highest BCUT2D eigenvalue weighted by Crippen LogP contribution is 2.26. The van der Waals surface area contributed by atoms with Gasteiger partial charge in [0.2, 0.25) is 10.0 Å². The van der Waals surface area contributed by atoms with Crippen LogP contribution in [0.4, 0.5) is 8.78 Å². The zero-order valence-corrected chi connectivity index (χ0v) is 13.0. The maximum absolute atomic E-state index is 13.6. The average Bonchev–Trinajstić information content (AvgIpc) is 2.25. The first-order valence-electron chi connectivity index (χ1n) is 5.28. The van der Waals surface area contributed by atoms with Crippen LogP contribution < -0.4 is 4.72 Å². The smallest absolute Gasteiger partial charge is 0.244 e. The van der Waals surface area contributed by atoms with Gasteiger partial charge in [0.15, 0.2) is 0 Å². The van der Waals surface area contributed by atoms with E-state index in [9.17, 15) is 17.2 Å². The first-order valence-corrected chi connectivity index (χ1v) is 7.56. The molecule has 8 heteroatoms. The van der Waals surface area contributed by atoms with E-state index in [0.717, 1.165) is 6.07 Å². The lowest BCUT2D eigenvalue weighted by Gasteiger charge is -2.23. The highest BCUT2D eigenvalue weighted by atomic mass is 79.9. The maximum Gasteiger partial charge on any atom is 0.244 e. The summed E-state index contributed by atoms with van der Waals surface area (Å²) in [5.41, 5.74) is -0.740. The molecule has 0 bridgehead atoms. The minimum atomic E-state index is -4.10. The summed E-state index contributed by atoms with van der Waals surface area (Å²) in [6.45, 7) is 3.30. The van der Waals surface area contributed by atoms with E-state index >= 15 is 0 Å². The largest absolute Gasteiger partial charge is 0.377 e. The lowest BCUT2D eigenvalue weighted by molar-refractivity contribution is 0.0276. The Morgan fingerprint density at radius 1 is 1.37 bits per heavy atom. The van der Waals surface area contributed by atoms with Crippen LogP contribution in [0.3, 0.4) is 0 Å². The monoisotopic (exact) mass is 357 g/mol. The molecule has 1 N–H and O–H groups in total. The van der Waals surface area contributed by atoms with E-state index in [0.29, 0.717) is 6.07 Å². The van der Waals surface area contributed by atoms with E-state index < -0.39 is 32.2 Å². The third-order valence-electron chi connectivity index (χ3n) is 2.47. The van der Waals surface area contributed by atoms with Crippen molar-refractivity contribution >= 4 is 26.0 Å². The van der Waals surface area contributed by atoms with Crippen LogP contribution in [0.2, 0.25) is 0 Å². The highest BCUT2D eigenvalue weighted by molar-refractivity contribution is 9.10. The van der Waals surface area contributed by atoms with E-state index in [1.54, 1.807) is 13.8 Å². The summed E-state index contributed by atoms with van der Waals surface area (Å²) in [6.07, 6.45) is 0. The van der Waals surface area contributed by atoms with Crippen LogP contribution in [0.5, 0.6) is 0 Å². The molecule has 0 aliphatic heterocycles. The third kappa shape index (κ3) is 4.20. The Bertz CT molecular complexity index is 552. The van der Waals surface area contributed by atoms with Gasteiger partial charge in [-0.1, -0.05) is 0 Å². The third-order valence-corrected chi connectivity index (χ3v) is 4.84. The average molecular weight is 358 g/mol. The molecule has 0 aliphatic rings. The molecule has 4 nitrogen and oxygen atoms in total. The molecule has 0 aromatic heterocycles. The van der Waals surface area contributed by atoms with E-state index in [4.69, 9.17) is 4.74 Å². The van der Waals surface area contributed by atoms with Gasteiger partial charge in [0.05, 0.1) is 5.60 Å². The van der Waals surface area contributed by atoms with Crippen molar-refractivity contribution < 1.29 is 21.9 Å². The van der Waals surface area contributed by atoms with Crippen LogP contribution >= 0.6 is 15.9 Å². The molecule has 108 valence electrons. The SMILES string of the molecule is COC(C)(C)CNS(=O)(=O)c1c(F)cc(F)cc1Br. The summed E-state index contributed by atoms with van der Waals surface area (Å²) in [6, 6.07) is 1.40. The summed E-state index contributed by atoms with van der Waals surface area (Å²) < 4.78 is 57.6. The van der Waals surface area contributed by atoms with Crippen molar-refractivity contribution in [3.63, 3.8) is 0 Å². The summed E-state index contributed by atoms with van der Waals surface area (Å²) in [5, 5.41) is 0. The summed E-state index contributed by atoms with van der Waals surface area (Å²) in [7, 11) is -2.67. The molecule has 0 spiro atoms. The molecule has 1 aromatic carbocycles. The summed E-state index contributed by atoms with van der Waals surface area (Å²) >= 11 is 2.84. The van der Waals surface area contributed by atoms with E-state index in [-0.39, 0.29) is 11.0 Å². The van der Waals surface area contributed by atoms with Crippen LogP contribution in [0.15, 0.2) is 21.5 Å². The van der Waals surface area contributed by atoms with E-state index in [1.165, 1.54) is 7.11 Å². The molecule has 0 heterocycles. The summed E-state index contributed by atoms with van der Waals surface area (Å²) in [4.78, 5) is -0.624. The molecule has 0 unspecified atom stereocenters. The number of sulfonamides is 1. The normalized spacial score (nSPS) is 12.7. The molecule has 0 aliphatic carbocycles. The Morgan fingerprint density at radius 2 is 1.95 bits per heavy atom. The number of halogens is 3. The number of hydrogen-bond acceptors (Lipinski definition) is 3. The van der Waals surface area contributed by atoms with Gasteiger partial charge in [-0.2, -0.15) is 0 Å². The standard InChI is InChI=1S/C11H14BrF2NO3S/c1-11(2,18-3)6-15-19(16,17)10-8(12)4-7(13)5-9(10)14/h4-5,15H,6H2,1-3H3. The lowest BCUT2D eigenvalue weighted by atomic mass is 10.1. The predicted molar refractivity (Wildman–Crippen MR) is 70.3 cm³/mol. The van der Waals surface area contributed by atoms with Crippen LogP contribution in [-0.4, -0.2) is 27.7 Å². The Balaban J connectivity index is 3.09. The summed E-state index contributed by atoms with van der Waals surface area (Å²) in [5.74, 6) is -2.02. The molecule has 1 aromatic rings. The predicted octanol–water partition coefficient (Wildman–Crippen LogP) is 2.43. The number of methoxy groups -OCH3 is 1. The van der Waals surface area contributed by atoms with Gasteiger partial charge in [0, 0.05) is 24.2 Å². The van der Waals surface area contributed by atoms with Gasteiger partial charge in [0.25, 0.3) is 0 Å². The first-order chi connectivity index (χ1) is 8.59. The van der Waals surface area contributed by atoms with Crippen molar-refractivity contribution in [1.82, 2.24) is 4.72 Å². The van der Waals surface area contributed by atoms with Gasteiger partial charge in [-0.3, -0.25) is 0 Å². The van der Waals surface area contributed by atoms with Crippen LogP contribution in [0, 0.1) is 11.6 Å². The molecule has 1 rings (SSSR count). The second-order valence-corrected chi connectivity index (χ2v) is 7.05. The van der Waals surface area contributed by atoms with Gasteiger partial charge >= 0.3 is 0 Å². The fourth-order valence-electron chi connectivity index (χ4n) is 1.20. The lowest BCUT2D eigenvalue weighted by Crippen LogP contribution is -2.40. The quantitative estimate of drug-likeness (QED) is 0.880. The molecule has 0 atom stereocenters. The van der Waals surface area contributed by atoms with Crippen molar-refractivity contribution in [2.24, 2.45) is 0 Å². The zero-order valence-electron chi connectivity index (χ0n) is 10.6. The number of benzene rings is 1. The van der Waals surface area contributed by atoms with Gasteiger partial charge in [-0.05, 0) is 35.8 Å². The molecule has 0 saturated heterocycles. The highest BCUT2D eigenvalue weighted by Gasteiger charge is 2.26. The fraction of sp³-hybridized carbons (Fsp3) is 0.455. The van der Waals surface area contributed by atoms with Gasteiger partial charge in [0.1, 0.15) is 16.5 Å². The van der Waals surface area contributed by atoms with Crippen LogP contribution in [0.25, 0.3) is 0 Å². The Kier molecular flexibility index (Phi) is 5.05. The van der Waals surface area contributed by atoms with Gasteiger partial charge in [-0.25, -0.2) is 21.9 Å².